The topological polar surface area (TPSA) is 242 Å². The highest BCUT2D eigenvalue weighted by atomic mass is 16.7. The second-order valence-electron chi connectivity index (χ2n) is 16.2. The Morgan fingerprint density at radius 1 is 0.860 bits per heavy atom. The molecule has 0 unspecified atom stereocenters. The zero-order chi connectivity index (χ0) is 36.0. The average Bonchev–Trinajstić information content (AvgIpc) is 3.64. The van der Waals surface area contributed by atoms with Crippen LogP contribution in [0.4, 0.5) is 0 Å². The molecule has 0 radical (unpaired) electrons. The molecule has 4 aliphatic carbocycles. The number of rotatable bonds is 7. The number of aliphatic hydroxyl groups is 8. The Hall–Kier alpha value is -1.60. The first-order valence-electron chi connectivity index (χ1n) is 18.0. The molecule has 18 atom stereocenters. The summed E-state index contributed by atoms with van der Waals surface area (Å²) in [5, 5.41) is 87.0. The lowest BCUT2D eigenvalue weighted by atomic mass is 9.41. The molecule has 7 rings (SSSR count). The van der Waals surface area contributed by atoms with Crippen molar-refractivity contribution in [3.05, 3.63) is 11.6 Å². The van der Waals surface area contributed by atoms with E-state index in [-0.39, 0.29) is 43.2 Å². The molecule has 8 N–H and O–H groups in total. The molecule has 15 heteroatoms. The van der Waals surface area contributed by atoms with Gasteiger partial charge in [-0.25, -0.2) is 4.79 Å². The number of aliphatic hydroxyl groups excluding tert-OH is 6. The summed E-state index contributed by atoms with van der Waals surface area (Å²) in [7, 11) is 0. The smallest absolute Gasteiger partial charge is 0.331 e. The van der Waals surface area contributed by atoms with E-state index in [0.717, 1.165) is 18.3 Å². The number of carbonyl (C=O) groups excluding carboxylic acids is 2. The second-order valence-corrected chi connectivity index (χ2v) is 16.2. The van der Waals surface area contributed by atoms with E-state index in [2.05, 4.69) is 6.92 Å². The molecule has 0 bridgehead atoms. The highest BCUT2D eigenvalue weighted by Crippen LogP contribution is 2.70. The molecule has 0 aromatic heterocycles. The first kappa shape index (κ1) is 36.7. The van der Waals surface area contributed by atoms with Crippen LogP contribution in [0.1, 0.15) is 71.6 Å². The summed E-state index contributed by atoms with van der Waals surface area (Å²) in [4.78, 5) is 25.1. The molecule has 282 valence electrons. The van der Waals surface area contributed by atoms with Crippen molar-refractivity contribution >= 4 is 12.3 Å². The van der Waals surface area contributed by atoms with Crippen LogP contribution in [0.3, 0.4) is 0 Å². The van der Waals surface area contributed by atoms with E-state index in [9.17, 15) is 50.4 Å². The van der Waals surface area contributed by atoms with Gasteiger partial charge >= 0.3 is 5.97 Å². The Balaban J connectivity index is 1.02. The van der Waals surface area contributed by atoms with Gasteiger partial charge in [0.15, 0.2) is 12.6 Å². The highest BCUT2D eigenvalue weighted by Gasteiger charge is 2.71. The fourth-order valence-corrected chi connectivity index (χ4v) is 11.3. The largest absolute Gasteiger partial charge is 0.458 e. The first-order chi connectivity index (χ1) is 23.6. The van der Waals surface area contributed by atoms with Gasteiger partial charge in [0.2, 0.25) is 0 Å². The molecule has 2 saturated heterocycles. The van der Waals surface area contributed by atoms with Crippen LogP contribution in [0.5, 0.6) is 0 Å². The predicted octanol–water partition coefficient (Wildman–Crippen LogP) is -1.43. The molecule has 15 nitrogen and oxygen atoms in total. The molecule has 0 spiro atoms. The number of carbonyl (C=O) groups is 2. The summed E-state index contributed by atoms with van der Waals surface area (Å²) in [6, 6.07) is 0. The van der Waals surface area contributed by atoms with Gasteiger partial charge in [-0.2, -0.15) is 0 Å². The summed E-state index contributed by atoms with van der Waals surface area (Å²) in [6.45, 7) is 3.22. The van der Waals surface area contributed by atoms with Gasteiger partial charge in [-0.15, -0.1) is 0 Å². The van der Waals surface area contributed by atoms with E-state index in [1.54, 1.807) is 13.0 Å². The van der Waals surface area contributed by atoms with Gasteiger partial charge in [0.1, 0.15) is 55.6 Å². The van der Waals surface area contributed by atoms with Crippen molar-refractivity contribution in [3.63, 3.8) is 0 Å². The van der Waals surface area contributed by atoms with Gasteiger partial charge in [-0.05, 0) is 81.6 Å². The third kappa shape index (κ3) is 5.37. The second kappa shape index (κ2) is 13.1. The Kier molecular flexibility index (Phi) is 9.60. The molecule has 7 aliphatic rings. The van der Waals surface area contributed by atoms with Crippen LogP contribution in [-0.4, -0.2) is 145 Å². The SMILES string of the molecule is C[C@@H]1O[C@H](O[C@H]2CC[C@]3(C=O)[C@@H]4CC[C@]5(C)[C@H](C6=CC(=O)OC6)CC[C@]5(O)[C@H]4CC[C@@]3(O)C2)[C@@H](O)[C@@H](O)[C@H]1O[C@H]1O[C@@H](CO)[C@H](O)[C@@H](O)[C@@H]1O. The Morgan fingerprint density at radius 3 is 2.24 bits per heavy atom. The van der Waals surface area contributed by atoms with Crippen LogP contribution in [0.15, 0.2) is 11.6 Å². The van der Waals surface area contributed by atoms with Crippen LogP contribution in [0.2, 0.25) is 0 Å². The van der Waals surface area contributed by atoms with E-state index in [1.807, 2.05) is 0 Å². The zero-order valence-electron chi connectivity index (χ0n) is 28.5. The minimum atomic E-state index is -1.71. The maximum Gasteiger partial charge on any atom is 0.331 e. The number of esters is 1. The quantitative estimate of drug-likeness (QED) is 0.0858. The van der Waals surface area contributed by atoms with Gasteiger partial charge in [0.05, 0.1) is 35.4 Å². The molecule has 0 aromatic rings. The summed E-state index contributed by atoms with van der Waals surface area (Å²) < 4.78 is 28.4. The fraction of sp³-hybridized carbons (Fsp3) is 0.886. The van der Waals surface area contributed by atoms with Gasteiger partial charge in [0, 0.05) is 17.9 Å². The summed E-state index contributed by atoms with van der Waals surface area (Å²) in [6.07, 6.45) is -8.63. The van der Waals surface area contributed by atoms with Crippen molar-refractivity contribution in [3.8, 4) is 0 Å². The average molecular weight is 713 g/mol. The maximum absolute atomic E-state index is 13.2. The van der Waals surface area contributed by atoms with Crippen LogP contribution < -0.4 is 0 Å². The number of aldehydes is 1. The number of cyclic esters (lactones) is 1. The van der Waals surface area contributed by atoms with Crippen molar-refractivity contribution in [2.24, 2.45) is 28.6 Å². The number of hydrogen-bond donors (Lipinski definition) is 8. The van der Waals surface area contributed by atoms with E-state index in [1.165, 1.54) is 0 Å². The van der Waals surface area contributed by atoms with E-state index in [0.29, 0.717) is 38.5 Å². The number of ether oxygens (including phenoxy) is 5. The summed E-state index contributed by atoms with van der Waals surface area (Å²) in [5.41, 5.74) is -3.20. The molecule has 6 fully saturated rings. The van der Waals surface area contributed by atoms with Gasteiger partial charge < -0.3 is 69.3 Å². The molecule has 50 heavy (non-hydrogen) atoms. The van der Waals surface area contributed by atoms with Crippen molar-refractivity contribution in [2.45, 2.75) is 150 Å². The van der Waals surface area contributed by atoms with Gasteiger partial charge in [-0.1, -0.05) is 6.92 Å². The maximum atomic E-state index is 13.2. The van der Waals surface area contributed by atoms with Gasteiger partial charge in [-0.3, -0.25) is 0 Å². The third-order valence-corrected chi connectivity index (χ3v) is 14.1. The van der Waals surface area contributed by atoms with Gasteiger partial charge in [0.25, 0.3) is 0 Å². The van der Waals surface area contributed by atoms with E-state index < -0.39 is 96.2 Å². The number of hydrogen-bond acceptors (Lipinski definition) is 15. The van der Waals surface area contributed by atoms with Crippen molar-refractivity contribution in [2.75, 3.05) is 13.2 Å². The lowest BCUT2D eigenvalue weighted by molar-refractivity contribution is -0.361. The van der Waals surface area contributed by atoms with Crippen LogP contribution >= 0.6 is 0 Å². The molecule has 3 heterocycles. The Labute approximate surface area is 290 Å². The number of fused-ring (bicyclic) bond motifs is 5. The lowest BCUT2D eigenvalue weighted by Crippen LogP contribution is -2.69. The molecule has 0 aromatic carbocycles. The Morgan fingerprint density at radius 2 is 1.56 bits per heavy atom. The summed E-state index contributed by atoms with van der Waals surface area (Å²) in [5.74, 6) is -0.830. The van der Waals surface area contributed by atoms with Crippen molar-refractivity contribution in [1.29, 1.82) is 0 Å². The molecular weight excluding hydrogens is 660 g/mol. The third-order valence-electron chi connectivity index (χ3n) is 14.1. The molecule has 4 saturated carbocycles. The fourth-order valence-electron chi connectivity index (χ4n) is 11.3. The monoisotopic (exact) mass is 712 g/mol. The van der Waals surface area contributed by atoms with E-state index >= 15 is 0 Å². The molecular formula is C35H52O15. The van der Waals surface area contributed by atoms with E-state index in [4.69, 9.17) is 23.7 Å². The van der Waals surface area contributed by atoms with Crippen LogP contribution in [0.25, 0.3) is 0 Å². The highest BCUT2D eigenvalue weighted by molar-refractivity contribution is 5.85. The molecule has 0 amide bonds. The molecule has 3 aliphatic heterocycles. The van der Waals surface area contributed by atoms with Crippen LogP contribution in [0, 0.1) is 28.6 Å². The minimum Gasteiger partial charge on any atom is -0.458 e. The first-order valence-corrected chi connectivity index (χ1v) is 18.0. The van der Waals surface area contributed by atoms with Crippen LogP contribution in [-0.2, 0) is 33.3 Å². The standard InChI is InChI=1S/C35H52O15/c1-16-29(50-31-27(42)25(40)24(39)22(13-36)49-31)26(41)28(43)30(47-16)48-18-3-8-33(15-37)20-4-7-32(2)19(17-11-23(38)46-14-17)6-10-35(32,45)21(20)5-9-34(33,44)12-18/h11,15-16,18-22,24-31,36,39-45H,3-10,12-14H2,1-2H3/t16-,18-,19-,20+,21-,22-,24-,25+,26+,27-,28-,29-,30+,31+,32+,33-,34+,35-/m0/s1. The van der Waals surface area contributed by atoms with Crippen molar-refractivity contribution in [1.82, 2.24) is 0 Å². The Bertz CT molecular complexity index is 1340. The zero-order valence-corrected chi connectivity index (χ0v) is 28.5. The minimum absolute atomic E-state index is 0.00102. The predicted molar refractivity (Wildman–Crippen MR) is 167 cm³/mol. The normalized spacial score (nSPS) is 55.0. The lowest BCUT2D eigenvalue weighted by Gasteiger charge is -2.65. The van der Waals surface area contributed by atoms with Crippen molar-refractivity contribution < 1.29 is 74.1 Å². The summed E-state index contributed by atoms with van der Waals surface area (Å²) >= 11 is 0.